The predicted molar refractivity (Wildman–Crippen MR) is 99.5 cm³/mol. The molecule has 0 unspecified atom stereocenters. The lowest BCUT2D eigenvalue weighted by Crippen LogP contribution is -2.34. The van der Waals surface area contributed by atoms with E-state index < -0.39 is 0 Å². The van der Waals surface area contributed by atoms with Crippen molar-refractivity contribution >= 4 is 23.5 Å². The van der Waals surface area contributed by atoms with E-state index in [-0.39, 0.29) is 11.4 Å². The van der Waals surface area contributed by atoms with Crippen molar-refractivity contribution < 1.29 is 14.3 Å². The fraction of sp³-hybridized carbons (Fsp3) is 0.316. The number of anilines is 1. The predicted octanol–water partition coefficient (Wildman–Crippen LogP) is 4.05. The number of benzene rings is 2. The van der Waals surface area contributed by atoms with Crippen molar-refractivity contribution in [1.29, 1.82) is 0 Å². The number of hydrogen-bond acceptors (Lipinski definition) is 4. The highest BCUT2D eigenvalue weighted by Gasteiger charge is 2.31. The molecule has 2 aromatic carbocycles. The molecule has 4 rings (SSSR count). The lowest BCUT2D eigenvalue weighted by Gasteiger charge is -2.26. The van der Waals surface area contributed by atoms with E-state index in [0.29, 0.717) is 13.2 Å². The summed E-state index contributed by atoms with van der Waals surface area (Å²) in [5.41, 5.74) is 2.97. The van der Waals surface area contributed by atoms with Gasteiger partial charge in [0.2, 0.25) is 0 Å². The first-order valence-corrected chi connectivity index (χ1v) is 9.41. The minimum absolute atomic E-state index is 0.0140. The number of carbonyl (C=O) groups is 1. The Labute approximate surface area is 151 Å². The largest absolute Gasteiger partial charge is 0.486 e. The van der Waals surface area contributed by atoms with Crippen molar-refractivity contribution in [2.75, 3.05) is 30.8 Å². The molecule has 0 saturated carbocycles. The van der Waals surface area contributed by atoms with Crippen molar-refractivity contribution in [2.45, 2.75) is 12.3 Å². The zero-order chi connectivity index (χ0) is 17.2. The van der Waals surface area contributed by atoms with Crippen LogP contribution in [-0.4, -0.2) is 36.4 Å². The molecule has 130 valence electrons. The van der Waals surface area contributed by atoms with Gasteiger partial charge in [-0.2, -0.15) is 0 Å². The highest BCUT2D eigenvalue weighted by molar-refractivity contribution is 7.99. The Hall–Kier alpha value is -2.34. The van der Waals surface area contributed by atoms with Gasteiger partial charge in [-0.3, -0.25) is 0 Å². The summed E-state index contributed by atoms with van der Waals surface area (Å²) in [6, 6.07) is 13.7. The average molecular weight is 356 g/mol. The second kappa shape index (κ2) is 6.88. The highest BCUT2D eigenvalue weighted by Crippen LogP contribution is 2.41. The molecule has 2 amide bonds. The quantitative estimate of drug-likeness (QED) is 0.882. The molecule has 1 saturated heterocycles. The van der Waals surface area contributed by atoms with Gasteiger partial charge in [0.05, 0.1) is 0 Å². The summed E-state index contributed by atoms with van der Waals surface area (Å²) in [4.78, 5) is 14.7. The van der Waals surface area contributed by atoms with Crippen LogP contribution in [0.25, 0.3) is 0 Å². The fourth-order valence-corrected chi connectivity index (χ4v) is 4.31. The smallest absolute Gasteiger partial charge is 0.323 e. The monoisotopic (exact) mass is 356 g/mol. The lowest BCUT2D eigenvalue weighted by atomic mass is 10.1. The third kappa shape index (κ3) is 3.26. The van der Waals surface area contributed by atoms with E-state index in [9.17, 15) is 4.79 Å². The lowest BCUT2D eigenvalue weighted by molar-refractivity contribution is 0.171. The van der Waals surface area contributed by atoms with Crippen LogP contribution < -0.4 is 14.8 Å². The Balaban J connectivity index is 1.54. The fourth-order valence-electron chi connectivity index (χ4n) is 3.07. The van der Waals surface area contributed by atoms with E-state index in [1.54, 1.807) is 11.8 Å². The Kier molecular flexibility index (Phi) is 4.44. The van der Waals surface area contributed by atoms with Gasteiger partial charge in [-0.05, 0) is 36.2 Å². The molecule has 6 heteroatoms. The van der Waals surface area contributed by atoms with Gasteiger partial charge in [-0.1, -0.05) is 24.3 Å². The number of nitrogens with one attached hydrogen (secondary N) is 1. The summed E-state index contributed by atoms with van der Waals surface area (Å²) in [6.07, 6.45) is 0. The van der Waals surface area contributed by atoms with Crippen molar-refractivity contribution in [3.63, 3.8) is 0 Å². The van der Waals surface area contributed by atoms with E-state index in [2.05, 4.69) is 5.32 Å². The second-order valence-electron chi connectivity index (χ2n) is 6.06. The maximum absolute atomic E-state index is 12.8. The molecule has 2 aliphatic rings. The normalized spacial score (nSPS) is 18.9. The number of nitrogens with zero attached hydrogens (tertiary/aromatic N) is 1. The molecule has 2 heterocycles. The summed E-state index contributed by atoms with van der Waals surface area (Å²) in [6.45, 7) is 3.86. The van der Waals surface area contributed by atoms with E-state index in [4.69, 9.17) is 9.47 Å². The van der Waals surface area contributed by atoms with E-state index in [0.717, 1.165) is 40.6 Å². The summed E-state index contributed by atoms with van der Waals surface area (Å²) >= 11 is 1.77. The molecule has 2 aliphatic heterocycles. The molecule has 0 spiro atoms. The molecular formula is C19H20N2O3S. The van der Waals surface area contributed by atoms with Crippen LogP contribution in [0, 0.1) is 6.92 Å². The van der Waals surface area contributed by atoms with Crippen LogP contribution in [-0.2, 0) is 0 Å². The van der Waals surface area contributed by atoms with E-state index in [1.165, 1.54) is 0 Å². The van der Waals surface area contributed by atoms with Crippen LogP contribution in [0.4, 0.5) is 10.5 Å². The van der Waals surface area contributed by atoms with Crippen LogP contribution in [0.5, 0.6) is 11.5 Å². The molecule has 2 aromatic rings. The van der Waals surface area contributed by atoms with E-state index in [1.807, 2.05) is 54.3 Å². The zero-order valence-corrected chi connectivity index (χ0v) is 14.8. The molecule has 1 N–H and O–H groups in total. The number of carbonyl (C=O) groups excluding carboxylic acids is 1. The van der Waals surface area contributed by atoms with Crippen molar-refractivity contribution in [1.82, 2.24) is 4.90 Å². The number of thioether (sulfide) groups is 1. The molecule has 1 atom stereocenters. The number of hydrogen-bond donors (Lipinski definition) is 1. The molecule has 0 aromatic heterocycles. The van der Waals surface area contributed by atoms with Crippen LogP contribution in [0.15, 0.2) is 42.5 Å². The SMILES string of the molecule is Cc1ccccc1NC(=O)N1CCS[C@H]1c1ccc2c(c1)OCCO2. The number of amides is 2. The van der Waals surface area contributed by atoms with E-state index >= 15 is 0 Å². The van der Waals surface area contributed by atoms with Gasteiger partial charge >= 0.3 is 6.03 Å². The van der Waals surface area contributed by atoms with Crippen LogP contribution >= 0.6 is 11.8 Å². The molecule has 0 radical (unpaired) electrons. The van der Waals surface area contributed by atoms with Gasteiger partial charge in [0.15, 0.2) is 11.5 Å². The maximum atomic E-state index is 12.8. The molecule has 25 heavy (non-hydrogen) atoms. The van der Waals surface area contributed by atoms with Crippen LogP contribution in [0.2, 0.25) is 0 Å². The summed E-state index contributed by atoms with van der Waals surface area (Å²) in [5.74, 6) is 2.45. The first kappa shape index (κ1) is 16.1. The Bertz CT molecular complexity index is 796. The minimum Gasteiger partial charge on any atom is -0.486 e. The average Bonchev–Trinajstić information content (AvgIpc) is 3.13. The van der Waals surface area contributed by atoms with Crippen LogP contribution in [0.3, 0.4) is 0 Å². The summed E-state index contributed by atoms with van der Waals surface area (Å²) in [5, 5.41) is 3.02. The van der Waals surface area contributed by atoms with Crippen LogP contribution in [0.1, 0.15) is 16.5 Å². The van der Waals surface area contributed by atoms with Crippen molar-refractivity contribution in [3.05, 3.63) is 53.6 Å². The van der Waals surface area contributed by atoms with Gasteiger partial charge in [0.1, 0.15) is 18.6 Å². The number of fused-ring (bicyclic) bond motifs is 1. The zero-order valence-electron chi connectivity index (χ0n) is 14.0. The topological polar surface area (TPSA) is 50.8 Å². The molecule has 0 bridgehead atoms. The first-order valence-electron chi connectivity index (χ1n) is 8.37. The summed E-state index contributed by atoms with van der Waals surface area (Å²) in [7, 11) is 0. The number of urea groups is 1. The first-order chi connectivity index (χ1) is 12.2. The van der Waals surface area contributed by atoms with Gasteiger partial charge in [-0.15, -0.1) is 11.8 Å². The summed E-state index contributed by atoms with van der Waals surface area (Å²) < 4.78 is 11.3. The maximum Gasteiger partial charge on any atom is 0.323 e. The number of aryl methyl sites for hydroxylation is 1. The van der Waals surface area contributed by atoms with Gasteiger partial charge in [-0.25, -0.2) is 4.79 Å². The molecule has 5 nitrogen and oxygen atoms in total. The van der Waals surface area contributed by atoms with Gasteiger partial charge in [0.25, 0.3) is 0 Å². The second-order valence-corrected chi connectivity index (χ2v) is 7.25. The highest BCUT2D eigenvalue weighted by atomic mass is 32.2. The third-order valence-electron chi connectivity index (χ3n) is 4.39. The number of ether oxygens (including phenoxy) is 2. The molecule has 1 fully saturated rings. The van der Waals surface area contributed by atoms with Crippen molar-refractivity contribution in [3.8, 4) is 11.5 Å². The number of rotatable bonds is 2. The Morgan fingerprint density at radius 1 is 1.16 bits per heavy atom. The van der Waals surface area contributed by atoms with Gasteiger partial charge in [0, 0.05) is 18.0 Å². The standard InChI is InChI=1S/C19H20N2O3S/c1-13-4-2-3-5-15(13)20-19(22)21-8-11-25-18(21)14-6-7-16-17(12-14)24-10-9-23-16/h2-7,12,18H,8-11H2,1H3,(H,20,22)/t18-/m0/s1. The van der Waals surface area contributed by atoms with Gasteiger partial charge < -0.3 is 19.7 Å². The Morgan fingerprint density at radius 2 is 1.96 bits per heavy atom. The number of para-hydroxylation sites is 1. The Morgan fingerprint density at radius 3 is 2.80 bits per heavy atom. The molecular weight excluding hydrogens is 336 g/mol. The molecule has 0 aliphatic carbocycles. The third-order valence-corrected chi connectivity index (χ3v) is 5.65. The minimum atomic E-state index is -0.0702. The van der Waals surface area contributed by atoms with Crippen molar-refractivity contribution in [2.24, 2.45) is 0 Å².